The average Bonchev–Trinajstić information content (AvgIpc) is 2.88. The molecule has 0 radical (unpaired) electrons. The summed E-state index contributed by atoms with van der Waals surface area (Å²) < 4.78 is 29.1. The molecule has 6 heteroatoms. The van der Waals surface area contributed by atoms with Crippen molar-refractivity contribution in [1.82, 2.24) is 13.9 Å². The van der Waals surface area contributed by atoms with Gasteiger partial charge in [0, 0.05) is 32.7 Å². The topological polar surface area (TPSA) is 52.7 Å². The third-order valence-corrected chi connectivity index (χ3v) is 6.25. The molecule has 0 amide bonds. The fourth-order valence-electron chi connectivity index (χ4n) is 3.08. The lowest BCUT2D eigenvalue weighted by Crippen LogP contribution is -2.44. The van der Waals surface area contributed by atoms with Crippen LogP contribution in [0.5, 0.6) is 0 Å². The zero-order chi connectivity index (χ0) is 14.7. The third kappa shape index (κ3) is 3.29. The summed E-state index contributed by atoms with van der Waals surface area (Å²) in [5.74, 6) is 0. The van der Waals surface area contributed by atoms with Gasteiger partial charge in [0.05, 0.1) is 0 Å². The van der Waals surface area contributed by atoms with Gasteiger partial charge in [0.2, 0.25) is 0 Å². The second-order valence-electron chi connectivity index (χ2n) is 5.72. The van der Waals surface area contributed by atoms with Crippen LogP contribution in [-0.2, 0) is 23.2 Å². The molecule has 0 atom stereocenters. The summed E-state index contributed by atoms with van der Waals surface area (Å²) in [5, 5.41) is 3.26. The Morgan fingerprint density at radius 1 is 0.905 bits per heavy atom. The Bertz CT molecular complexity index is 580. The van der Waals surface area contributed by atoms with Crippen LogP contribution in [0, 0.1) is 0 Å². The van der Waals surface area contributed by atoms with E-state index in [0.717, 1.165) is 37.9 Å². The van der Waals surface area contributed by atoms with Crippen LogP contribution < -0.4 is 5.32 Å². The summed E-state index contributed by atoms with van der Waals surface area (Å²) in [6.45, 7) is 3.94. The molecular weight excluding hydrogens is 286 g/mol. The van der Waals surface area contributed by atoms with Gasteiger partial charge in [-0.05, 0) is 36.9 Å². The Morgan fingerprint density at radius 2 is 1.67 bits per heavy atom. The lowest BCUT2D eigenvalue weighted by atomic mass is 10.0. The highest BCUT2D eigenvalue weighted by Gasteiger charge is 2.31. The summed E-state index contributed by atoms with van der Waals surface area (Å²) in [4.78, 5) is 0. The Labute approximate surface area is 127 Å². The lowest BCUT2D eigenvalue weighted by Gasteiger charge is -2.28. The molecule has 5 nitrogen and oxygen atoms in total. The molecule has 1 N–H and O–H groups in total. The highest BCUT2D eigenvalue weighted by atomic mass is 32.2. The number of hydrogen-bond acceptors (Lipinski definition) is 3. The quantitative estimate of drug-likeness (QED) is 0.886. The van der Waals surface area contributed by atoms with Gasteiger partial charge in [-0.1, -0.05) is 24.3 Å². The Morgan fingerprint density at radius 3 is 2.52 bits per heavy atom. The van der Waals surface area contributed by atoms with Gasteiger partial charge < -0.3 is 5.32 Å². The predicted octanol–water partition coefficient (Wildman–Crippen LogP) is 0.975. The molecule has 2 aliphatic heterocycles. The number of aryl methyl sites for hydroxylation is 1. The molecule has 1 aromatic rings. The maximum atomic E-state index is 12.9. The first-order valence-corrected chi connectivity index (χ1v) is 9.10. The first-order valence-electron chi connectivity index (χ1n) is 7.70. The predicted molar refractivity (Wildman–Crippen MR) is 83.2 cm³/mol. The van der Waals surface area contributed by atoms with E-state index in [1.54, 1.807) is 8.61 Å². The van der Waals surface area contributed by atoms with Crippen LogP contribution in [0.2, 0.25) is 0 Å². The van der Waals surface area contributed by atoms with Crippen molar-refractivity contribution in [3.05, 3.63) is 35.4 Å². The minimum Gasteiger partial charge on any atom is -0.315 e. The van der Waals surface area contributed by atoms with Crippen LogP contribution in [-0.4, -0.2) is 49.8 Å². The smallest absolute Gasteiger partial charge is 0.282 e. The summed E-state index contributed by atoms with van der Waals surface area (Å²) in [6, 6.07) is 8.18. The van der Waals surface area contributed by atoms with Crippen LogP contribution in [0.15, 0.2) is 24.3 Å². The molecule has 116 valence electrons. The zero-order valence-corrected chi connectivity index (χ0v) is 13.1. The maximum absolute atomic E-state index is 12.9. The minimum atomic E-state index is -3.35. The third-order valence-electron chi connectivity index (χ3n) is 4.27. The largest absolute Gasteiger partial charge is 0.315 e. The number of rotatable bonds is 2. The SMILES string of the molecule is O=S(=O)(N1CCCNCC1)N1CCCc2ccccc2C1. The fraction of sp³-hybridized carbons (Fsp3) is 0.600. The average molecular weight is 309 g/mol. The van der Waals surface area contributed by atoms with Crippen molar-refractivity contribution in [3.8, 4) is 0 Å². The molecule has 1 saturated heterocycles. The van der Waals surface area contributed by atoms with Crippen LogP contribution in [0.3, 0.4) is 0 Å². The van der Waals surface area contributed by atoms with Gasteiger partial charge in [-0.3, -0.25) is 0 Å². The second-order valence-corrected chi connectivity index (χ2v) is 7.64. The zero-order valence-electron chi connectivity index (χ0n) is 12.3. The van der Waals surface area contributed by atoms with E-state index in [2.05, 4.69) is 11.4 Å². The first-order chi connectivity index (χ1) is 10.2. The second kappa shape index (κ2) is 6.44. The van der Waals surface area contributed by atoms with E-state index >= 15 is 0 Å². The van der Waals surface area contributed by atoms with Crippen LogP contribution in [0.1, 0.15) is 24.0 Å². The van der Waals surface area contributed by atoms with Gasteiger partial charge in [0.1, 0.15) is 0 Å². The van der Waals surface area contributed by atoms with Crippen LogP contribution in [0.25, 0.3) is 0 Å². The van der Waals surface area contributed by atoms with Crippen LogP contribution >= 0.6 is 0 Å². The van der Waals surface area contributed by atoms with Gasteiger partial charge >= 0.3 is 0 Å². The molecule has 2 aliphatic rings. The van der Waals surface area contributed by atoms with Crippen LogP contribution in [0.4, 0.5) is 0 Å². The number of nitrogens with one attached hydrogen (secondary N) is 1. The van der Waals surface area contributed by atoms with E-state index in [1.807, 2.05) is 18.2 Å². The molecule has 0 aromatic heterocycles. The number of benzene rings is 1. The van der Waals surface area contributed by atoms with E-state index in [-0.39, 0.29) is 0 Å². The van der Waals surface area contributed by atoms with Gasteiger partial charge in [0.15, 0.2) is 0 Å². The van der Waals surface area contributed by atoms with E-state index < -0.39 is 10.2 Å². The molecular formula is C15H23N3O2S. The maximum Gasteiger partial charge on any atom is 0.282 e. The number of nitrogens with zero attached hydrogens (tertiary/aromatic N) is 2. The highest BCUT2D eigenvalue weighted by molar-refractivity contribution is 7.86. The number of fused-ring (bicyclic) bond motifs is 1. The Balaban J connectivity index is 1.82. The molecule has 0 unspecified atom stereocenters. The summed E-state index contributed by atoms with van der Waals surface area (Å²) in [5.41, 5.74) is 2.43. The first kappa shape index (κ1) is 15.0. The van der Waals surface area contributed by atoms with Gasteiger partial charge in [0.25, 0.3) is 10.2 Å². The van der Waals surface area contributed by atoms with Gasteiger partial charge in [-0.15, -0.1) is 0 Å². The Kier molecular flexibility index (Phi) is 4.59. The van der Waals surface area contributed by atoms with Crippen molar-refractivity contribution >= 4 is 10.2 Å². The summed E-state index contributed by atoms with van der Waals surface area (Å²) in [6.07, 6.45) is 2.73. The minimum absolute atomic E-state index is 0.502. The van der Waals surface area contributed by atoms with Crippen molar-refractivity contribution in [2.24, 2.45) is 0 Å². The van der Waals surface area contributed by atoms with E-state index in [4.69, 9.17) is 0 Å². The van der Waals surface area contributed by atoms with Crippen molar-refractivity contribution < 1.29 is 8.42 Å². The molecule has 3 rings (SSSR count). The monoisotopic (exact) mass is 309 g/mol. The standard InChI is InChI=1S/C15H23N3O2S/c19-21(20,17-11-4-8-16-9-12-17)18-10-3-7-14-5-1-2-6-15(14)13-18/h1-2,5-6,16H,3-4,7-13H2. The normalized spacial score (nSPS) is 22.3. The van der Waals surface area contributed by atoms with Crippen molar-refractivity contribution in [2.45, 2.75) is 25.8 Å². The van der Waals surface area contributed by atoms with E-state index in [9.17, 15) is 8.42 Å². The fourth-order valence-corrected chi connectivity index (χ4v) is 4.75. The molecule has 1 fully saturated rings. The molecule has 0 aliphatic carbocycles. The molecule has 0 bridgehead atoms. The van der Waals surface area contributed by atoms with Crippen molar-refractivity contribution in [1.29, 1.82) is 0 Å². The number of hydrogen-bond donors (Lipinski definition) is 1. The molecule has 2 heterocycles. The van der Waals surface area contributed by atoms with Crippen molar-refractivity contribution in [3.63, 3.8) is 0 Å². The van der Waals surface area contributed by atoms with E-state index in [1.165, 1.54) is 5.56 Å². The Hall–Kier alpha value is -0.950. The lowest BCUT2D eigenvalue weighted by molar-refractivity contribution is 0.341. The van der Waals surface area contributed by atoms with Crippen molar-refractivity contribution in [2.75, 3.05) is 32.7 Å². The molecule has 0 spiro atoms. The molecule has 1 aromatic carbocycles. The van der Waals surface area contributed by atoms with E-state index in [0.29, 0.717) is 26.2 Å². The summed E-state index contributed by atoms with van der Waals surface area (Å²) in [7, 11) is -3.35. The molecule has 0 saturated carbocycles. The summed E-state index contributed by atoms with van der Waals surface area (Å²) >= 11 is 0. The van der Waals surface area contributed by atoms with Gasteiger partial charge in [-0.2, -0.15) is 17.0 Å². The highest BCUT2D eigenvalue weighted by Crippen LogP contribution is 2.22. The van der Waals surface area contributed by atoms with Gasteiger partial charge in [-0.25, -0.2) is 0 Å². The molecule has 21 heavy (non-hydrogen) atoms.